The second kappa shape index (κ2) is 8.25. The van der Waals surface area contributed by atoms with Gasteiger partial charge >= 0.3 is 0 Å². The third kappa shape index (κ3) is 4.42. The Morgan fingerprint density at radius 2 is 2.29 bits per heavy atom. The van der Waals surface area contributed by atoms with Crippen LogP contribution in [0.25, 0.3) is 0 Å². The van der Waals surface area contributed by atoms with E-state index in [1.165, 1.54) is 30.0 Å². The first-order valence-corrected chi connectivity index (χ1v) is 8.23. The van der Waals surface area contributed by atoms with Crippen LogP contribution in [0.5, 0.6) is 0 Å². The third-order valence-electron chi connectivity index (χ3n) is 3.09. The Morgan fingerprint density at radius 1 is 1.50 bits per heavy atom. The lowest BCUT2D eigenvalue weighted by Crippen LogP contribution is -2.15. The fourth-order valence-electron chi connectivity index (χ4n) is 2.02. The molecule has 0 saturated heterocycles. The summed E-state index contributed by atoms with van der Waals surface area (Å²) in [7, 11) is 0. The molecular weight excluding hydrogens is 330 g/mol. The van der Waals surface area contributed by atoms with Crippen molar-refractivity contribution >= 4 is 29.0 Å². The molecular formula is C15H17N5O3S. The fraction of sp³-hybridized carbons (Fsp3) is 0.267. The molecule has 0 aliphatic rings. The Morgan fingerprint density at radius 3 is 2.96 bits per heavy atom. The summed E-state index contributed by atoms with van der Waals surface area (Å²) in [6.07, 6.45) is 2.48. The quantitative estimate of drug-likeness (QED) is 0.341. The molecule has 1 aromatic heterocycles. The molecule has 0 aliphatic carbocycles. The summed E-state index contributed by atoms with van der Waals surface area (Å²) >= 11 is 1.26. The van der Waals surface area contributed by atoms with Crippen LogP contribution in [0.15, 0.2) is 42.1 Å². The number of carbonyl (C=O) groups is 1. The molecule has 0 radical (unpaired) electrons. The number of aromatic nitrogens is 3. The summed E-state index contributed by atoms with van der Waals surface area (Å²) in [5.74, 6) is 0.685. The Balaban J connectivity index is 1.99. The van der Waals surface area contributed by atoms with Crippen LogP contribution in [-0.2, 0) is 17.8 Å². The van der Waals surface area contributed by atoms with E-state index in [4.69, 9.17) is 0 Å². The van der Waals surface area contributed by atoms with Gasteiger partial charge in [-0.05, 0) is 6.07 Å². The molecule has 126 valence electrons. The topological polar surface area (TPSA) is 103 Å². The summed E-state index contributed by atoms with van der Waals surface area (Å²) < 4.78 is 1.90. The van der Waals surface area contributed by atoms with Crippen LogP contribution in [0.4, 0.5) is 11.4 Å². The van der Waals surface area contributed by atoms with Crippen molar-refractivity contribution in [2.24, 2.45) is 0 Å². The third-order valence-corrected chi connectivity index (χ3v) is 4.06. The highest BCUT2D eigenvalue weighted by atomic mass is 32.2. The lowest BCUT2D eigenvalue weighted by atomic mass is 10.3. The maximum atomic E-state index is 12.0. The normalized spacial score (nSPS) is 10.4. The molecule has 0 atom stereocenters. The number of nitrogens with one attached hydrogen (secondary N) is 1. The molecule has 1 N–H and O–H groups in total. The number of nitro groups is 1. The minimum atomic E-state index is -0.506. The minimum Gasteiger partial charge on any atom is -0.325 e. The van der Waals surface area contributed by atoms with E-state index in [0.717, 1.165) is 12.2 Å². The first-order valence-electron chi connectivity index (χ1n) is 7.25. The molecule has 1 aromatic carbocycles. The van der Waals surface area contributed by atoms with Gasteiger partial charge in [0, 0.05) is 30.8 Å². The number of benzene rings is 1. The number of anilines is 1. The summed E-state index contributed by atoms with van der Waals surface area (Å²) in [6, 6.07) is 5.81. The SMILES string of the molecule is C=CCn1c(CC)nnc1SCC(=O)Nc1cccc([N+](=O)[O-])c1. The number of amides is 1. The molecule has 0 bridgehead atoms. The second-order valence-corrected chi connectivity index (χ2v) is 5.74. The molecule has 2 rings (SSSR count). The number of nitrogens with zero attached hydrogens (tertiary/aromatic N) is 4. The van der Waals surface area contributed by atoms with E-state index in [2.05, 4.69) is 22.1 Å². The van der Waals surface area contributed by atoms with Gasteiger partial charge in [0.2, 0.25) is 5.91 Å². The van der Waals surface area contributed by atoms with Gasteiger partial charge < -0.3 is 9.88 Å². The Bertz CT molecular complexity index is 759. The van der Waals surface area contributed by atoms with E-state index in [9.17, 15) is 14.9 Å². The van der Waals surface area contributed by atoms with E-state index in [1.54, 1.807) is 12.1 Å². The van der Waals surface area contributed by atoms with Crippen molar-refractivity contribution in [1.29, 1.82) is 0 Å². The van der Waals surface area contributed by atoms with Crippen LogP contribution in [0.2, 0.25) is 0 Å². The number of non-ortho nitro benzene ring substituents is 1. The highest BCUT2D eigenvalue weighted by Gasteiger charge is 2.13. The average molecular weight is 347 g/mol. The van der Waals surface area contributed by atoms with Crippen molar-refractivity contribution in [3.8, 4) is 0 Å². The fourth-order valence-corrected chi connectivity index (χ4v) is 2.79. The number of aryl methyl sites for hydroxylation is 1. The van der Waals surface area contributed by atoms with Crippen molar-refractivity contribution in [2.45, 2.75) is 25.0 Å². The first-order chi connectivity index (χ1) is 11.5. The molecule has 0 aliphatic heterocycles. The molecule has 1 amide bonds. The Labute approximate surface area is 143 Å². The molecule has 24 heavy (non-hydrogen) atoms. The molecule has 8 nitrogen and oxygen atoms in total. The number of nitro benzene ring substituents is 1. The molecule has 9 heteroatoms. The van der Waals surface area contributed by atoms with Crippen molar-refractivity contribution in [3.63, 3.8) is 0 Å². The zero-order chi connectivity index (χ0) is 17.5. The zero-order valence-corrected chi connectivity index (χ0v) is 14.0. The molecule has 0 saturated carbocycles. The maximum Gasteiger partial charge on any atom is 0.271 e. The van der Waals surface area contributed by atoms with Crippen molar-refractivity contribution in [1.82, 2.24) is 14.8 Å². The number of hydrogen-bond acceptors (Lipinski definition) is 6. The van der Waals surface area contributed by atoms with Gasteiger partial charge in [-0.2, -0.15) is 0 Å². The molecule has 0 unspecified atom stereocenters. The summed E-state index contributed by atoms with van der Waals surface area (Å²) in [4.78, 5) is 22.3. The first kappa shape index (κ1) is 17.7. The Hall–Kier alpha value is -2.68. The Kier molecular flexibility index (Phi) is 6.07. The van der Waals surface area contributed by atoms with Crippen LogP contribution in [-0.4, -0.2) is 31.3 Å². The second-order valence-electron chi connectivity index (χ2n) is 4.80. The molecule has 1 heterocycles. The van der Waals surface area contributed by atoms with Crippen LogP contribution < -0.4 is 5.32 Å². The summed E-state index contributed by atoms with van der Waals surface area (Å²) in [6.45, 7) is 6.26. The number of thioether (sulfide) groups is 1. The number of rotatable bonds is 8. The number of carbonyl (C=O) groups excluding carboxylic acids is 1. The van der Waals surface area contributed by atoms with Gasteiger partial charge in [-0.25, -0.2) is 0 Å². The smallest absolute Gasteiger partial charge is 0.271 e. The van der Waals surface area contributed by atoms with Crippen LogP contribution in [0.1, 0.15) is 12.7 Å². The minimum absolute atomic E-state index is 0.0706. The van der Waals surface area contributed by atoms with Gasteiger partial charge in [-0.1, -0.05) is 30.8 Å². The van der Waals surface area contributed by atoms with E-state index in [1.807, 2.05) is 11.5 Å². The van der Waals surface area contributed by atoms with Crippen LogP contribution in [0, 0.1) is 10.1 Å². The maximum absolute atomic E-state index is 12.0. The zero-order valence-electron chi connectivity index (χ0n) is 13.1. The van der Waals surface area contributed by atoms with Gasteiger partial charge in [0.1, 0.15) is 5.82 Å². The predicted molar refractivity (Wildman–Crippen MR) is 92.0 cm³/mol. The van der Waals surface area contributed by atoms with Gasteiger partial charge in [-0.15, -0.1) is 16.8 Å². The van der Waals surface area contributed by atoms with E-state index in [0.29, 0.717) is 17.4 Å². The van der Waals surface area contributed by atoms with Crippen molar-refractivity contribution in [2.75, 3.05) is 11.1 Å². The standard InChI is InChI=1S/C15H17N5O3S/c1-3-8-19-13(4-2)17-18-15(19)24-10-14(21)16-11-6-5-7-12(9-11)20(22)23/h3,5-7,9H,1,4,8,10H2,2H3,(H,16,21). The van der Waals surface area contributed by atoms with E-state index >= 15 is 0 Å². The van der Waals surface area contributed by atoms with Gasteiger partial charge in [0.15, 0.2) is 5.16 Å². The monoisotopic (exact) mass is 347 g/mol. The van der Waals surface area contributed by atoms with E-state index < -0.39 is 4.92 Å². The van der Waals surface area contributed by atoms with Crippen LogP contribution in [0.3, 0.4) is 0 Å². The molecule has 0 fully saturated rings. The van der Waals surface area contributed by atoms with Crippen molar-refractivity contribution < 1.29 is 9.72 Å². The largest absolute Gasteiger partial charge is 0.325 e. The summed E-state index contributed by atoms with van der Waals surface area (Å²) in [5, 5.41) is 22.2. The summed E-state index contributed by atoms with van der Waals surface area (Å²) in [5.41, 5.74) is 0.315. The van der Waals surface area contributed by atoms with Gasteiger partial charge in [0.05, 0.1) is 10.7 Å². The van der Waals surface area contributed by atoms with E-state index in [-0.39, 0.29) is 17.3 Å². The van der Waals surface area contributed by atoms with Gasteiger partial charge in [0.25, 0.3) is 5.69 Å². The van der Waals surface area contributed by atoms with Crippen LogP contribution >= 0.6 is 11.8 Å². The predicted octanol–water partition coefficient (Wildman–Crippen LogP) is 2.67. The number of allylic oxidation sites excluding steroid dienone is 1. The van der Waals surface area contributed by atoms with Gasteiger partial charge in [-0.3, -0.25) is 14.9 Å². The highest BCUT2D eigenvalue weighted by molar-refractivity contribution is 7.99. The molecule has 0 spiro atoms. The molecule has 2 aromatic rings. The number of hydrogen-bond donors (Lipinski definition) is 1. The highest BCUT2D eigenvalue weighted by Crippen LogP contribution is 2.20. The lowest BCUT2D eigenvalue weighted by molar-refractivity contribution is -0.384. The van der Waals surface area contributed by atoms with Crippen molar-refractivity contribution in [3.05, 3.63) is 52.9 Å². The lowest BCUT2D eigenvalue weighted by Gasteiger charge is -2.07. The average Bonchev–Trinajstić information content (AvgIpc) is 2.95.